The zero-order valence-electron chi connectivity index (χ0n) is 14.6. The molecule has 0 aliphatic carbocycles. The number of nitrogens with zero attached hydrogens (tertiary/aromatic N) is 2. The fraction of sp³-hybridized carbons (Fsp3) is 0.250. The molecule has 27 heavy (non-hydrogen) atoms. The molecule has 0 aromatic heterocycles. The number of aromatic carboxylic acids is 1. The summed E-state index contributed by atoms with van der Waals surface area (Å²) in [5.74, 6) is -1.63. The summed E-state index contributed by atoms with van der Waals surface area (Å²) < 4.78 is 13.0. The second kappa shape index (κ2) is 7.99. The van der Waals surface area contributed by atoms with Crippen LogP contribution in [-0.4, -0.2) is 58.9 Å². The SMILES string of the molecule is O=C(O)c1ccc(CC(=O)N2CCN(C(=O)c3ccc(F)cc3)CC2)cc1. The second-order valence-electron chi connectivity index (χ2n) is 6.36. The zero-order chi connectivity index (χ0) is 19.4. The summed E-state index contributed by atoms with van der Waals surface area (Å²) in [5.41, 5.74) is 1.35. The number of rotatable bonds is 4. The molecule has 1 aliphatic heterocycles. The lowest BCUT2D eigenvalue weighted by Gasteiger charge is -2.35. The van der Waals surface area contributed by atoms with E-state index in [-0.39, 0.29) is 23.8 Å². The number of carbonyl (C=O) groups is 3. The quantitative estimate of drug-likeness (QED) is 0.894. The maximum atomic E-state index is 13.0. The van der Waals surface area contributed by atoms with Gasteiger partial charge in [-0.25, -0.2) is 9.18 Å². The molecule has 7 heteroatoms. The Morgan fingerprint density at radius 3 is 1.89 bits per heavy atom. The minimum Gasteiger partial charge on any atom is -0.478 e. The Labute approximate surface area is 155 Å². The Hall–Kier alpha value is -3.22. The van der Waals surface area contributed by atoms with Crippen molar-refractivity contribution >= 4 is 17.8 Å². The van der Waals surface area contributed by atoms with Crippen molar-refractivity contribution in [1.82, 2.24) is 9.80 Å². The van der Waals surface area contributed by atoms with Crippen molar-refractivity contribution < 1.29 is 23.9 Å². The van der Waals surface area contributed by atoms with E-state index >= 15 is 0 Å². The summed E-state index contributed by atoms with van der Waals surface area (Å²) in [5, 5.41) is 8.90. The van der Waals surface area contributed by atoms with Crippen molar-refractivity contribution in [3.8, 4) is 0 Å². The van der Waals surface area contributed by atoms with Gasteiger partial charge in [-0.2, -0.15) is 0 Å². The van der Waals surface area contributed by atoms with Gasteiger partial charge >= 0.3 is 5.97 Å². The van der Waals surface area contributed by atoms with Gasteiger partial charge in [0.1, 0.15) is 5.82 Å². The van der Waals surface area contributed by atoms with Gasteiger partial charge in [0.15, 0.2) is 0 Å². The lowest BCUT2D eigenvalue weighted by atomic mass is 10.1. The Morgan fingerprint density at radius 2 is 1.33 bits per heavy atom. The van der Waals surface area contributed by atoms with Gasteiger partial charge in [0.2, 0.25) is 5.91 Å². The molecule has 0 bridgehead atoms. The molecule has 0 unspecified atom stereocenters. The van der Waals surface area contributed by atoms with E-state index in [1.54, 1.807) is 21.9 Å². The van der Waals surface area contributed by atoms with E-state index in [0.717, 1.165) is 5.56 Å². The molecule has 0 saturated carbocycles. The van der Waals surface area contributed by atoms with Gasteiger partial charge in [-0.1, -0.05) is 12.1 Å². The molecule has 2 amide bonds. The Bertz CT molecular complexity index is 841. The van der Waals surface area contributed by atoms with E-state index in [1.807, 2.05) is 0 Å². The third-order valence-corrected chi connectivity index (χ3v) is 4.57. The van der Waals surface area contributed by atoms with Crippen molar-refractivity contribution in [3.63, 3.8) is 0 Å². The van der Waals surface area contributed by atoms with Gasteiger partial charge in [0.25, 0.3) is 5.91 Å². The molecule has 6 nitrogen and oxygen atoms in total. The van der Waals surface area contributed by atoms with Crippen molar-refractivity contribution in [3.05, 3.63) is 71.0 Å². The fourth-order valence-electron chi connectivity index (χ4n) is 2.99. The Morgan fingerprint density at radius 1 is 0.815 bits per heavy atom. The van der Waals surface area contributed by atoms with Crippen LogP contribution in [0.25, 0.3) is 0 Å². The number of piperazine rings is 1. The van der Waals surface area contributed by atoms with Crippen molar-refractivity contribution in [2.24, 2.45) is 0 Å². The van der Waals surface area contributed by atoms with Gasteiger partial charge in [0, 0.05) is 31.7 Å². The molecule has 2 aromatic carbocycles. The molecule has 1 N–H and O–H groups in total. The number of hydrogen-bond donors (Lipinski definition) is 1. The highest BCUT2D eigenvalue weighted by atomic mass is 19.1. The smallest absolute Gasteiger partial charge is 0.335 e. The van der Waals surface area contributed by atoms with Crippen LogP contribution in [0.3, 0.4) is 0 Å². The van der Waals surface area contributed by atoms with Crippen LogP contribution in [0.15, 0.2) is 48.5 Å². The second-order valence-corrected chi connectivity index (χ2v) is 6.36. The molecule has 0 atom stereocenters. The summed E-state index contributed by atoms with van der Waals surface area (Å²) in [6, 6.07) is 11.6. The highest BCUT2D eigenvalue weighted by Crippen LogP contribution is 2.12. The number of halogens is 1. The maximum absolute atomic E-state index is 13.0. The van der Waals surface area contributed by atoms with E-state index in [9.17, 15) is 18.8 Å². The van der Waals surface area contributed by atoms with E-state index in [4.69, 9.17) is 5.11 Å². The molecule has 0 radical (unpaired) electrons. The minimum absolute atomic E-state index is 0.0630. The molecule has 1 fully saturated rings. The summed E-state index contributed by atoms with van der Waals surface area (Å²) in [7, 11) is 0. The molecule has 1 saturated heterocycles. The van der Waals surface area contributed by atoms with E-state index in [0.29, 0.717) is 31.7 Å². The van der Waals surface area contributed by atoms with Crippen LogP contribution >= 0.6 is 0 Å². The topological polar surface area (TPSA) is 77.9 Å². The van der Waals surface area contributed by atoms with Crippen LogP contribution in [0.1, 0.15) is 26.3 Å². The number of carboxylic acid groups (broad SMARTS) is 1. The van der Waals surface area contributed by atoms with Crippen LogP contribution in [0.2, 0.25) is 0 Å². The standard InChI is InChI=1S/C20H19FN2O4/c21-17-7-5-15(6-8-17)19(25)23-11-9-22(10-12-23)18(24)13-14-1-3-16(4-2-14)20(26)27/h1-8H,9-13H2,(H,26,27). The number of benzene rings is 2. The van der Waals surface area contributed by atoms with Crippen LogP contribution in [0.4, 0.5) is 4.39 Å². The summed E-state index contributed by atoms with van der Waals surface area (Å²) >= 11 is 0. The molecule has 1 aliphatic rings. The number of hydrogen-bond acceptors (Lipinski definition) is 3. The summed E-state index contributed by atoms with van der Waals surface area (Å²) in [6.45, 7) is 1.69. The van der Waals surface area contributed by atoms with Gasteiger partial charge < -0.3 is 14.9 Å². The molecular weight excluding hydrogens is 351 g/mol. The third-order valence-electron chi connectivity index (χ3n) is 4.57. The molecular formula is C20H19FN2O4. The predicted molar refractivity (Wildman–Crippen MR) is 96.0 cm³/mol. The van der Waals surface area contributed by atoms with Crippen LogP contribution < -0.4 is 0 Å². The lowest BCUT2D eigenvalue weighted by Crippen LogP contribution is -2.51. The zero-order valence-corrected chi connectivity index (χ0v) is 14.6. The van der Waals surface area contributed by atoms with Crippen LogP contribution in [0.5, 0.6) is 0 Å². The van der Waals surface area contributed by atoms with Gasteiger partial charge in [-0.05, 0) is 42.0 Å². The Kier molecular flexibility index (Phi) is 5.49. The number of carbonyl (C=O) groups excluding carboxylic acids is 2. The predicted octanol–water partition coefficient (Wildman–Crippen LogP) is 2.05. The molecule has 2 aromatic rings. The third kappa shape index (κ3) is 4.49. The Balaban J connectivity index is 1.53. The van der Waals surface area contributed by atoms with Gasteiger partial charge in [-0.15, -0.1) is 0 Å². The van der Waals surface area contributed by atoms with Crippen molar-refractivity contribution in [1.29, 1.82) is 0 Å². The highest BCUT2D eigenvalue weighted by Gasteiger charge is 2.24. The normalized spacial score (nSPS) is 14.1. The first-order valence-corrected chi connectivity index (χ1v) is 8.59. The average Bonchev–Trinajstić information content (AvgIpc) is 2.68. The molecule has 3 rings (SSSR count). The molecule has 1 heterocycles. The largest absolute Gasteiger partial charge is 0.478 e. The van der Waals surface area contributed by atoms with E-state index < -0.39 is 11.8 Å². The van der Waals surface area contributed by atoms with Gasteiger partial charge in [-0.3, -0.25) is 9.59 Å². The maximum Gasteiger partial charge on any atom is 0.335 e. The first-order chi connectivity index (χ1) is 12.9. The summed E-state index contributed by atoms with van der Waals surface area (Å²) in [6.07, 6.45) is 0.186. The van der Waals surface area contributed by atoms with Crippen LogP contribution in [0, 0.1) is 5.82 Å². The van der Waals surface area contributed by atoms with Crippen LogP contribution in [-0.2, 0) is 11.2 Å². The van der Waals surface area contributed by atoms with Crippen molar-refractivity contribution in [2.75, 3.05) is 26.2 Å². The average molecular weight is 370 g/mol. The molecule has 0 spiro atoms. The monoisotopic (exact) mass is 370 g/mol. The summed E-state index contributed by atoms with van der Waals surface area (Å²) in [4.78, 5) is 39.1. The molecule has 140 valence electrons. The van der Waals surface area contributed by atoms with Gasteiger partial charge in [0.05, 0.1) is 12.0 Å². The number of amides is 2. The first kappa shape index (κ1) is 18.6. The van der Waals surface area contributed by atoms with E-state index in [2.05, 4.69) is 0 Å². The first-order valence-electron chi connectivity index (χ1n) is 8.59. The fourth-order valence-corrected chi connectivity index (χ4v) is 2.99. The lowest BCUT2D eigenvalue weighted by molar-refractivity contribution is -0.131. The number of carboxylic acids is 1. The van der Waals surface area contributed by atoms with E-state index in [1.165, 1.54) is 36.4 Å². The highest BCUT2D eigenvalue weighted by molar-refractivity contribution is 5.94. The van der Waals surface area contributed by atoms with Crippen molar-refractivity contribution in [2.45, 2.75) is 6.42 Å². The minimum atomic E-state index is -1.00.